The average molecular weight is 429 g/mol. The summed E-state index contributed by atoms with van der Waals surface area (Å²) in [4.78, 5) is 17.6. The first-order valence-electron chi connectivity index (χ1n) is 11.5. The number of fused-ring (bicyclic) bond motifs is 1. The number of hydrogen-bond donors (Lipinski definition) is 0. The quantitative estimate of drug-likeness (QED) is 0.635. The Hall–Kier alpha value is -2.21. The van der Waals surface area contributed by atoms with Crippen LogP contribution in [0.15, 0.2) is 24.3 Å². The van der Waals surface area contributed by atoms with Gasteiger partial charge >= 0.3 is 0 Å². The van der Waals surface area contributed by atoms with Crippen LogP contribution in [0.5, 0.6) is 0 Å². The maximum absolute atomic E-state index is 13.5. The van der Waals surface area contributed by atoms with E-state index in [1.807, 2.05) is 30.4 Å². The van der Waals surface area contributed by atoms with Gasteiger partial charge in [-0.15, -0.1) is 0 Å². The highest BCUT2D eigenvalue weighted by molar-refractivity contribution is 5.81. The van der Waals surface area contributed by atoms with Crippen LogP contribution in [0.1, 0.15) is 64.9 Å². The van der Waals surface area contributed by atoms with Crippen molar-refractivity contribution in [3.05, 3.63) is 47.0 Å². The van der Waals surface area contributed by atoms with Crippen LogP contribution in [0.4, 0.5) is 4.39 Å². The van der Waals surface area contributed by atoms with Crippen LogP contribution in [0.2, 0.25) is 0 Å². The van der Waals surface area contributed by atoms with E-state index in [1.54, 1.807) is 12.1 Å². The lowest BCUT2D eigenvalue weighted by molar-refractivity contribution is -0.140. The molecule has 3 rings (SSSR count). The zero-order chi connectivity index (χ0) is 22.8. The number of amides is 1. The molecule has 6 heteroatoms. The zero-order valence-electron chi connectivity index (χ0n) is 19.9. The van der Waals surface area contributed by atoms with Crippen molar-refractivity contribution in [3.63, 3.8) is 0 Å². The van der Waals surface area contributed by atoms with Crippen molar-refractivity contribution in [3.8, 4) is 5.69 Å². The molecular formula is C25H37FN4O. The van der Waals surface area contributed by atoms with Crippen molar-refractivity contribution in [1.29, 1.82) is 0 Å². The summed E-state index contributed by atoms with van der Waals surface area (Å²) in [7, 11) is 0. The summed E-state index contributed by atoms with van der Waals surface area (Å²) in [5.41, 5.74) is 3.79. The third kappa shape index (κ3) is 5.53. The Morgan fingerprint density at radius 1 is 1.23 bits per heavy atom. The fraction of sp³-hybridized carbons (Fsp3) is 0.600. The summed E-state index contributed by atoms with van der Waals surface area (Å²) in [5, 5.41) is 4.97. The third-order valence-electron chi connectivity index (χ3n) is 5.69. The molecule has 170 valence electrons. The van der Waals surface area contributed by atoms with E-state index in [0.29, 0.717) is 19.0 Å². The summed E-state index contributed by atoms with van der Waals surface area (Å²) in [6.45, 7) is 16.5. The molecule has 1 aromatic heterocycles. The van der Waals surface area contributed by atoms with Gasteiger partial charge in [-0.25, -0.2) is 9.07 Å². The van der Waals surface area contributed by atoms with E-state index in [1.165, 1.54) is 23.4 Å². The molecule has 0 saturated carbocycles. The van der Waals surface area contributed by atoms with E-state index >= 15 is 0 Å². The second-order valence-corrected chi connectivity index (χ2v) is 10.1. The monoisotopic (exact) mass is 428 g/mol. The molecule has 1 amide bonds. The van der Waals surface area contributed by atoms with Crippen LogP contribution in [0, 0.1) is 17.2 Å². The first-order chi connectivity index (χ1) is 14.6. The molecule has 5 nitrogen and oxygen atoms in total. The van der Waals surface area contributed by atoms with Crippen LogP contribution in [-0.2, 0) is 24.3 Å². The summed E-state index contributed by atoms with van der Waals surface area (Å²) in [6, 6.07) is 6.50. The van der Waals surface area contributed by atoms with Crippen molar-refractivity contribution < 1.29 is 9.18 Å². The van der Waals surface area contributed by atoms with Crippen LogP contribution in [-0.4, -0.2) is 45.1 Å². The molecule has 0 saturated heterocycles. The highest BCUT2D eigenvalue weighted by Gasteiger charge is 2.31. The molecular weight excluding hydrogens is 391 g/mol. The van der Waals surface area contributed by atoms with Gasteiger partial charge in [-0.3, -0.25) is 9.69 Å². The summed E-state index contributed by atoms with van der Waals surface area (Å²) in [6.07, 6.45) is 2.01. The minimum Gasteiger partial charge on any atom is -0.336 e. The minimum absolute atomic E-state index is 0.146. The van der Waals surface area contributed by atoms with Crippen molar-refractivity contribution in [1.82, 2.24) is 19.6 Å². The van der Waals surface area contributed by atoms with Gasteiger partial charge in [0.2, 0.25) is 5.91 Å². The van der Waals surface area contributed by atoms with E-state index in [9.17, 15) is 9.18 Å². The molecule has 0 N–H and O–H groups in total. The van der Waals surface area contributed by atoms with Gasteiger partial charge in [-0.2, -0.15) is 5.10 Å². The van der Waals surface area contributed by atoms with Crippen molar-refractivity contribution in [2.24, 2.45) is 11.3 Å². The molecule has 1 aliphatic heterocycles. The topological polar surface area (TPSA) is 41.4 Å². The zero-order valence-corrected chi connectivity index (χ0v) is 19.9. The average Bonchev–Trinajstić information content (AvgIpc) is 3.04. The number of carbonyl (C=O) groups excluding carboxylic acids is 1. The molecule has 0 fully saturated rings. The SMILES string of the molecule is CCCN1CCc2c(c(CN(CC(C)C)C(=O)C(C)(C)C)nn2-c2ccc(F)cc2)C1. The molecule has 1 aliphatic rings. The van der Waals surface area contributed by atoms with Gasteiger partial charge in [-0.1, -0.05) is 41.5 Å². The Morgan fingerprint density at radius 3 is 2.48 bits per heavy atom. The van der Waals surface area contributed by atoms with Gasteiger partial charge in [0.05, 0.1) is 23.6 Å². The van der Waals surface area contributed by atoms with E-state index in [4.69, 9.17) is 5.10 Å². The summed E-state index contributed by atoms with van der Waals surface area (Å²) >= 11 is 0. The number of nitrogens with zero attached hydrogens (tertiary/aromatic N) is 4. The van der Waals surface area contributed by atoms with Gasteiger partial charge < -0.3 is 4.90 Å². The van der Waals surface area contributed by atoms with Gasteiger partial charge in [-0.05, 0) is 43.1 Å². The standard InChI is InChI=1S/C25H37FN4O/c1-7-13-28-14-12-23-21(16-28)22(27-30(23)20-10-8-19(26)9-11-20)17-29(15-18(2)3)24(31)25(4,5)6/h8-11,18H,7,12-17H2,1-6H3. The highest BCUT2D eigenvalue weighted by Crippen LogP contribution is 2.28. The second-order valence-electron chi connectivity index (χ2n) is 10.1. The maximum Gasteiger partial charge on any atom is 0.228 e. The van der Waals surface area contributed by atoms with Gasteiger partial charge in [0.1, 0.15) is 5.82 Å². The molecule has 2 heterocycles. The van der Waals surface area contributed by atoms with Crippen LogP contribution in [0.3, 0.4) is 0 Å². The Morgan fingerprint density at radius 2 is 1.90 bits per heavy atom. The minimum atomic E-state index is -0.442. The molecule has 0 radical (unpaired) electrons. The molecule has 0 unspecified atom stereocenters. The van der Waals surface area contributed by atoms with Gasteiger partial charge in [0, 0.05) is 37.0 Å². The first kappa shape index (κ1) is 23.5. The van der Waals surface area contributed by atoms with Crippen molar-refractivity contribution >= 4 is 5.91 Å². The van der Waals surface area contributed by atoms with Crippen LogP contribution in [0.25, 0.3) is 5.69 Å². The summed E-state index contributed by atoms with van der Waals surface area (Å²) < 4.78 is 15.5. The smallest absolute Gasteiger partial charge is 0.228 e. The maximum atomic E-state index is 13.5. The van der Waals surface area contributed by atoms with Gasteiger partial charge in [0.15, 0.2) is 0 Å². The molecule has 0 atom stereocenters. The van der Waals surface area contributed by atoms with E-state index in [-0.39, 0.29) is 11.7 Å². The number of hydrogen-bond acceptors (Lipinski definition) is 3. The van der Waals surface area contributed by atoms with Crippen LogP contribution >= 0.6 is 0 Å². The van der Waals surface area contributed by atoms with Crippen LogP contribution < -0.4 is 0 Å². The highest BCUT2D eigenvalue weighted by atomic mass is 19.1. The largest absolute Gasteiger partial charge is 0.336 e. The lowest BCUT2D eigenvalue weighted by Gasteiger charge is -2.31. The van der Waals surface area contributed by atoms with E-state index in [0.717, 1.165) is 43.9 Å². The molecule has 0 bridgehead atoms. The number of halogens is 1. The predicted octanol–water partition coefficient (Wildman–Crippen LogP) is 4.81. The van der Waals surface area contributed by atoms with Crippen molar-refractivity contribution in [2.75, 3.05) is 19.6 Å². The lowest BCUT2D eigenvalue weighted by Crippen LogP contribution is -2.41. The third-order valence-corrected chi connectivity index (χ3v) is 5.69. The number of rotatable bonds is 7. The Bertz CT molecular complexity index is 895. The Labute approximate surface area is 186 Å². The Kier molecular flexibility index (Phi) is 7.20. The Balaban J connectivity index is 2.01. The van der Waals surface area contributed by atoms with Gasteiger partial charge in [0.25, 0.3) is 0 Å². The van der Waals surface area contributed by atoms with E-state index in [2.05, 4.69) is 25.7 Å². The lowest BCUT2D eigenvalue weighted by atomic mass is 9.94. The summed E-state index contributed by atoms with van der Waals surface area (Å²) in [5.74, 6) is 0.267. The van der Waals surface area contributed by atoms with Crippen molar-refractivity contribution in [2.45, 2.75) is 67.5 Å². The normalized spacial score (nSPS) is 14.7. The number of benzene rings is 1. The molecule has 31 heavy (non-hydrogen) atoms. The second kappa shape index (κ2) is 9.51. The molecule has 0 spiro atoms. The fourth-order valence-electron chi connectivity index (χ4n) is 4.29. The molecule has 1 aromatic carbocycles. The molecule has 2 aromatic rings. The fourth-order valence-corrected chi connectivity index (χ4v) is 4.29. The number of carbonyl (C=O) groups is 1. The van der Waals surface area contributed by atoms with E-state index < -0.39 is 5.41 Å². The first-order valence-corrected chi connectivity index (χ1v) is 11.5. The predicted molar refractivity (Wildman–Crippen MR) is 123 cm³/mol. The molecule has 0 aliphatic carbocycles. The number of aromatic nitrogens is 2.